The van der Waals surface area contributed by atoms with E-state index in [2.05, 4.69) is 10.6 Å². The first kappa shape index (κ1) is 19.4. The highest BCUT2D eigenvalue weighted by Gasteiger charge is 2.14. The standard InChI is InChI=1S/C23H25N3O2/c1-17-20(19-11-7-4-8-12-19)15-21(24-2)23(28)26(17)16-22(27)25-14-13-18-9-5-3-6-10-18/h3-12,15,24H,13-14,16H2,1-2H3,(H,25,27). The van der Waals surface area contributed by atoms with Crippen LogP contribution in [0, 0.1) is 6.92 Å². The van der Waals surface area contributed by atoms with Gasteiger partial charge in [0, 0.05) is 24.8 Å². The zero-order valence-electron chi connectivity index (χ0n) is 16.2. The SMILES string of the molecule is CNc1cc(-c2ccccc2)c(C)n(CC(=O)NCCc2ccccc2)c1=O. The number of nitrogens with zero attached hydrogens (tertiary/aromatic N) is 1. The average molecular weight is 375 g/mol. The molecule has 0 saturated carbocycles. The molecule has 5 nitrogen and oxygen atoms in total. The molecule has 1 aromatic heterocycles. The maximum absolute atomic E-state index is 12.8. The molecule has 0 spiro atoms. The molecule has 28 heavy (non-hydrogen) atoms. The van der Waals surface area contributed by atoms with Crippen molar-refractivity contribution in [3.63, 3.8) is 0 Å². The van der Waals surface area contributed by atoms with E-state index in [0.717, 1.165) is 23.2 Å². The maximum atomic E-state index is 12.8. The number of aromatic nitrogens is 1. The van der Waals surface area contributed by atoms with Gasteiger partial charge < -0.3 is 15.2 Å². The van der Waals surface area contributed by atoms with Gasteiger partial charge in [0.2, 0.25) is 5.91 Å². The Hall–Kier alpha value is -3.34. The molecule has 0 aliphatic carbocycles. The average Bonchev–Trinajstić information content (AvgIpc) is 2.73. The van der Waals surface area contributed by atoms with Crippen LogP contribution in [0.5, 0.6) is 0 Å². The number of amides is 1. The Morgan fingerprint density at radius 1 is 1.00 bits per heavy atom. The summed E-state index contributed by atoms with van der Waals surface area (Å²) in [4.78, 5) is 25.2. The van der Waals surface area contributed by atoms with E-state index in [1.165, 1.54) is 10.1 Å². The van der Waals surface area contributed by atoms with Crippen LogP contribution in [0.2, 0.25) is 0 Å². The number of nitrogens with one attached hydrogen (secondary N) is 2. The molecule has 1 amide bonds. The monoisotopic (exact) mass is 375 g/mol. The van der Waals surface area contributed by atoms with Crippen molar-refractivity contribution in [2.75, 3.05) is 18.9 Å². The molecular formula is C23H25N3O2. The molecule has 2 N–H and O–H groups in total. The van der Waals surface area contributed by atoms with Gasteiger partial charge in [0.15, 0.2) is 0 Å². The first-order chi connectivity index (χ1) is 13.6. The number of hydrogen-bond donors (Lipinski definition) is 2. The van der Waals surface area contributed by atoms with Crippen LogP contribution in [-0.4, -0.2) is 24.1 Å². The fourth-order valence-electron chi connectivity index (χ4n) is 3.22. The van der Waals surface area contributed by atoms with E-state index in [-0.39, 0.29) is 18.0 Å². The summed E-state index contributed by atoms with van der Waals surface area (Å²) in [6.45, 7) is 2.41. The zero-order valence-corrected chi connectivity index (χ0v) is 16.2. The van der Waals surface area contributed by atoms with Crippen LogP contribution in [-0.2, 0) is 17.8 Å². The smallest absolute Gasteiger partial charge is 0.274 e. The summed E-state index contributed by atoms with van der Waals surface area (Å²) < 4.78 is 1.53. The van der Waals surface area contributed by atoms with Gasteiger partial charge in [0.1, 0.15) is 12.2 Å². The van der Waals surface area contributed by atoms with Crippen molar-refractivity contribution in [2.45, 2.75) is 19.9 Å². The topological polar surface area (TPSA) is 63.1 Å². The third kappa shape index (κ3) is 4.49. The van der Waals surface area contributed by atoms with Gasteiger partial charge in [0.25, 0.3) is 5.56 Å². The fraction of sp³-hybridized carbons (Fsp3) is 0.217. The molecule has 0 atom stereocenters. The van der Waals surface area contributed by atoms with Gasteiger partial charge in [-0.3, -0.25) is 9.59 Å². The first-order valence-corrected chi connectivity index (χ1v) is 9.38. The third-order valence-electron chi connectivity index (χ3n) is 4.79. The molecule has 5 heteroatoms. The molecule has 0 bridgehead atoms. The first-order valence-electron chi connectivity index (χ1n) is 9.38. The van der Waals surface area contributed by atoms with Crippen molar-refractivity contribution in [3.8, 4) is 11.1 Å². The van der Waals surface area contributed by atoms with E-state index in [1.807, 2.05) is 73.7 Å². The summed E-state index contributed by atoms with van der Waals surface area (Å²) in [6.07, 6.45) is 0.756. The lowest BCUT2D eigenvalue weighted by Gasteiger charge is -2.17. The Morgan fingerprint density at radius 3 is 2.29 bits per heavy atom. The van der Waals surface area contributed by atoms with Gasteiger partial charge in [-0.15, -0.1) is 0 Å². The molecule has 144 valence electrons. The van der Waals surface area contributed by atoms with E-state index in [4.69, 9.17) is 0 Å². The van der Waals surface area contributed by atoms with E-state index in [9.17, 15) is 9.59 Å². The maximum Gasteiger partial charge on any atom is 0.274 e. The molecule has 0 saturated heterocycles. The minimum Gasteiger partial charge on any atom is -0.384 e. The molecular weight excluding hydrogens is 350 g/mol. The number of carbonyl (C=O) groups excluding carboxylic acids is 1. The number of pyridine rings is 1. The Bertz CT molecular complexity index is 996. The predicted octanol–water partition coefficient (Wildman–Crippen LogP) is 3.22. The largest absolute Gasteiger partial charge is 0.384 e. The summed E-state index contributed by atoms with van der Waals surface area (Å²) in [5, 5.41) is 5.86. The summed E-state index contributed by atoms with van der Waals surface area (Å²) in [5.74, 6) is -0.173. The second kappa shape index (κ2) is 9.04. The molecule has 2 aromatic carbocycles. The normalized spacial score (nSPS) is 10.5. The van der Waals surface area contributed by atoms with Crippen LogP contribution in [0.3, 0.4) is 0 Å². The van der Waals surface area contributed by atoms with Crippen molar-refractivity contribution < 1.29 is 4.79 Å². The summed E-state index contributed by atoms with van der Waals surface area (Å²) in [6, 6.07) is 21.7. The highest BCUT2D eigenvalue weighted by Crippen LogP contribution is 2.24. The van der Waals surface area contributed by atoms with E-state index < -0.39 is 0 Å². The van der Waals surface area contributed by atoms with Crippen LogP contribution in [0.15, 0.2) is 71.5 Å². The van der Waals surface area contributed by atoms with Gasteiger partial charge in [-0.05, 0) is 30.5 Å². The van der Waals surface area contributed by atoms with Crippen LogP contribution in [0.4, 0.5) is 5.69 Å². The molecule has 0 unspecified atom stereocenters. The van der Waals surface area contributed by atoms with Crippen LogP contribution in [0.1, 0.15) is 11.3 Å². The summed E-state index contributed by atoms with van der Waals surface area (Å²) in [5.41, 5.74) is 4.16. The summed E-state index contributed by atoms with van der Waals surface area (Å²) >= 11 is 0. The lowest BCUT2D eigenvalue weighted by atomic mass is 10.0. The van der Waals surface area contributed by atoms with Crippen molar-refractivity contribution >= 4 is 11.6 Å². The van der Waals surface area contributed by atoms with Crippen molar-refractivity contribution in [3.05, 3.63) is 88.3 Å². The number of hydrogen-bond acceptors (Lipinski definition) is 3. The second-order valence-corrected chi connectivity index (χ2v) is 6.65. The Labute approximate surface area is 165 Å². The predicted molar refractivity (Wildman–Crippen MR) is 114 cm³/mol. The molecule has 0 aliphatic heterocycles. The van der Waals surface area contributed by atoms with Gasteiger partial charge in [-0.25, -0.2) is 0 Å². The van der Waals surface area contributed by atoms with Gasteiger partial charge in [-0.2, -0.15) is 0 Å². The lowest BCUT2D eigenvalue weighted by Crippen LogP contribution is -2.35. The highest BCUT2D eigenvalue weighted by atomic mass is 16.2. The van der Waals surface area contributed by atoms with E-state index >= 15 is 0 Å². The van der Waals surface area contributed by atoms with Crippen LogP contribution in [0.25, 0.3) is 11.1 Å². The molecule has 1 heterocycles. The zero-order chi connectivity index (χ0) is 19.9. The molecule has 3 aromatic rings. The molecule has 0 fully saturated rings. The van der Waals surface area contributed by atoms with Gasteiger partial charge in [-0.1, -0.05) is 60.7 Å². The molecule has 3 rings (SSSR count). The summed E-state index contributed by atoms with van der Waals surface area (Å²) in [7, 11) is 1.71. The van der Waals surface area contributed by atoms with E-state index in [1.54, 1.807) is 7.05 Å². The lowest BCUT2D eigenvalue weighted by molar-refractivity contribution is -0.121. The Kier molecular flexibility index (Phi) is 6.27. The minimum atomic E-state index is -0.196. The van der Waals surface area contributed by atoms with Gasteiger partial charge >= 0.3 is 0 Å². The van der Waals surface area contributed by atoms with E-state index in [0.29, 0.717) is 12.2 Å². The van der Waals surface area contributed by atoms with Gasteiger partial charge in [0.05, 0.1) is 0 Å². The fourth-order valence-corrected chi connectivity index (χ4v) is 3.22. The van der Waals surface area contributed by atoms with Crippen LogP contribution >= 0.6 is 0 Å². The second-order valence-electron chi connectivity index (χ2n) is 6.65. The third-order valence-corrected chi connectivity index (χ3v) is 4.79. The number of anilines is 1. The van der Waals surface area contributed by atoms with Crippen molar-refractivity contribution in [1.82, 2.24) is 9.88 Å². The number of carbonyl (C=O) groups is 1. The van der Waals surface area contributed by atoms with Crippen molar-refractivity contribution in [2.24, 2.45) is 0 Å². The van der Waals surface area contributed by atoms with Crippen LogP contribution < -0.4 is 16.2 Å². The number of rotatable bonds is 7. The molecule has 0 radical (unpaired) electrons. The highest BCUT2D eigenvalue weighted by molar-refractivity contribution is 5.77. The minimum absolute atomic E-state index is 0.00515. The molecule has 0 aliphatic rings. The Morgan fingerprint density at radius 2 is 1.64 bits per heavy atom. The quantitative estimate of drug-likeness (QED) is 0.666. The Balaban J connectivity index is 1.79. The number of benzene rings is 2. The van der Waals surface area contributed by atoms with Crippen molar-refractivity contribution in [1.29, 1.82) is 0 Å².